The van der Waals surface area contributed by atoms with Crippen LogP contribution in [0.5, 0.6) is 0 Å². The van der Waals surface area contributed by atoms with Crippen molar-refractivity contribution >= 4 is 28.7 Å². The number of hydrogen-bond donors (Lipinski definition) is 3. The number of anilines is 1. The van der Waals surface area contributed by atoms with Gasteiger partial charge in [0.05, 0.1) is 17.6 Å². The number of hydrogen-bond acceptors (Lipinski definition) is 6. The number of imidazole rings is 1. The number of primary amides is 1. The maximum absolute atomic E-state index is 12.5. The molecule has 4 N–H and O–H groups in total. The van der Waals surface area contributed by atoms with E-state index in [9.17, 15) is 14.4 Å². The second kappa shape index (κ2) is 7.55. The molecule has 0 spiro atoms. The smallest absolute Gasteiger partial charge is 0.329 e. The predicted octanol–water partition coefficient (Wildman–Crippen LogP) is 0.955. The van der Waals surface area contributed by atoms with Crippen molar-refractivity contribution in [1.82, 2.24) is 24.6 Å². The number of amides is 3. The molecular formula is C17H21N7O4. The number of aryl methyl sites for hydroxylation is 3. The van der Waals surface area contributed by atoms with Gasteiger partial charge in [-0.3, -0.25) is 13.9 Å². The molecule has 0 atom stereocenters. The maximum atomic E-state index is 12.5. The number of fused-ring (bicyclic) bond motifs is 1. The highest BCUT2D eigenvalue weighted by Gasteiger charge is 2.15. The summed E-state index contributed by atoms with van der Waals surface area (Å²) in [6.07, 6.45) is 0. The van der Waals surface area contributed by atoms with Gasteiger partial charge in [-0.2, -0.15) is 4.98 Å². The van der Waals surface area contributed by atoms with Gasteiger partial charge in [-0.05, 0) is 38.5 Å². The molecule has 0 aliphatic heterocycles. The first-order chi connectivity index (χ1) is 13.3. The highest BCUT2D eigenvalue weighted by molar-refractivity contribution is 5.93. The highest BCUT2D eigenvalue weighted by atomic mass is 16.5. The predicted molar refractivity (Wildman–Crippen MR) is 101 cm³/mol. The number of aromatic nitrogens is 4. The van der Waals surface area contributed by atoms with Gasteiger partial charge >= 0.3 is 23.5 Å². The summed E-state index contributed by atoms with van der Waals surface area (Å²) < 4.78 is 8.01. The fourth-order valence-corrected chi connectivity index (χ4v) is 2.96. The number of urea groups is 1. The van der Waals surface area contributed by atoms with Gasteiger partial charge in [0.15, 0.2) is 5.82 Å². The molecule has 11 nitrogen and oxygen atoms in total. The van der Waals surface area contributed by atoms with Crippen LogP contribution in [0.1, 0.15) is 35.9 Å². The monoisotopic (exact) mass is 387 g/mol. The molecule has 2 heterocycles. The van der Waals surface area contributed by atoms with Crippen molar-refractivity contribution < 1.29 is 14.1 Å². The molecule has 3 amide bonds. The average molecular weight is 387 g/mol. The second-order valence-electron chi connectivity index (χ2n) is 6.11. The zero-order valence-electron chi connectivity index (χ0n) is 15.8. The van der Waals surface area contributed by atoms with Gasteiger partial charge < -0.3 is 20.9 Å². The van der Waals surface area contributed by atoms with E-state index < -0.39 is 11.9 Å². The van der Waals surface area contributed by atoms with Crippen LogP contribution in [-0.2, 0) is 19.6 Å². The lowest BCUT2D eigenvalue weighted by atomic mass is 10.1. The quantitative estimate of drug-likeness (QED) is 0.573. The molecule has 0 aliphatic rings. The summed E-state index contributed by atoms with van der Waals surface area (Å²) in [5, 5.41) is 8.87. The molecule has 0 saturated carbocycles. The Labute approximate surface area is 159 Å². The number of benzene rings is 1. The van der Waals surface area contributed by atoms with Gasteiger partial charge in [0.2, 0.25) is 0 Å². The molecule has 0 radical (unpaired) electrons. The summed E-state index contributed by atoms with van der Waals surface area (Å²) in [6.45, 7) is 6.70. The molecule has 0 aliphatic carbocycles. The minimum absolute atomic E-state index is 0.0458. The molecule has 3 aromatic rings. The first kappa shape index (κ1) is 19.1. The third-order valence-corrected chi connectivity index (χ3v) is 4.33. The van der Waals surface area contributed by atoms with Crippen LogP contribution in [0.15, 0.2) is 21.5 Å². The van der Waals surface area contributed by atoms with E-state index in [-0.39, 0.29) is 23.9 Å². The van der Waals surface area contributed by atoms with Crippen molar-refractivity contribution in [3.05, 3.63) is 39.9 Å². The number of nitrogens with two attached hydrogens (primary N) is 1. The lowest BCUT2D eigenvalue weighted by molar-refractivity contribution is 0.0958. The number of nitrogens with zero attached hydrogens (tertiary/aromatic N) is 4. The van der Waals surface area contributed by atoms with Crippen molar-refractivity contribution in [2.24, 2.45) is 5.73 Å². The van der Waals surface area contributed by atoms with E-state index in [4.69, 9.17) is 5.73 Å². The molecule has 0 bridgehead atoms. The fourth-order valence-electron chi connectivity index (χ4n) is 2.96. The van der Waals surface area contributed by atoms with Gasteiger partial charge in [-0.1, -0.05) is 5.16 Å². The summed E-state index contributed by atoms with van der Waals surface area (Å²) in [5.74, 6) is -1.04. The minimum Gasteiger partial charge on any atom is -0.361 e. The third-order valence-electron chi connectivity index (χ3n) is 4.33. The van der Waals surface area contributed by atoms with E-state index in [1.807, 2.05) is 26.8 Å². The Balaban J connectivity index is 1.79. The van der Waals surface area contributed by atoms with Gasteiger partial charge in [0, 0.05) is 18.8 Å². The number of rotatable bonds is 6. The lowest BCUT2D eigenvalue weighted by Crippen LogP contribution is -2.29. The van der Waals surface area contributed by atoms with Gasteiger partial charge in [0.1, 0.15) is 0 Å². The van der Waals surface area contributed by atoms with E-state index >= 15 is 0 Å². The van der Waals surface area contributed by atoms with Gasteiger partial charge in [-0.15, -0.1) is 0 Å². The summed E-state index contributed by atoms with van der Waals surface area (Å²) in [6, 6.07) is 3.16. The number of nitrogens with one attached hydrogen (secondary N) is 2. The third kappa shape index (κ3) is 3.46. The van der Waals surface area contributed by atoms with Crippen LogP contribution < -0.4 is 22.1 Å². The van der Waals surface area contributed by atoms with Gasteiger partial charge in [-0.25, -0.2) is 9.59 Å². The molecule has 148 valence electrons. The Morgan fingerprint density at radius 3 is 2.39 bits per heavy atom. The summed E-state index contributed by atoms with van der Waals surface area (Å²) in [7, 11) is 0. The molecule has 1 aromatic carbocycles. The van der Waals surface area contributed by atoms with E-state index in [0.29, 0.717) is 18.8 Å². The standard InChI is InChI=1S/C17H21N7O4/c1-4-23-11-6-9(3)10(7-12(11)24(5-2)17(23)27)20-16(26)19-8-13-21-15(14(18)25)28-22-13/h6-7H,4-5,8H2,1-3H3,(H2,18,25)(H2,19,20,26). The van der Waals surface area contributed by atoms with Crippen LogP contribution in [0.4, 0.5) is 10.5 Å². The van der Waals surface area contributed by atoms with Crippen molar-refractivity contribution in [3.63, 3.8) is 0 Å². The average Bonchev–Trinajstić information content (AvgIpc) is 3.22. The Morgan fingerprint density at radius 1 is 1.18 bits per heavy atom. The minimum atomic E-state index is -0.840. The lowest BCUT2D eigenvalue weighted by Gasteiger charge is -2.10. The van der Waals surface area contributed by atoms with E-state index in [1.54, 1.807) is 15.2 Å². The Morgan fingerprint density at radius 2 is 1.82 bits per heavy atom. The van der Waals surface area contributed by atoms with Crippen molar-refractivity contribution in [2.45, 2.75) is 40.4 Å². The zero-order valence-corrected chi connectivity index (χ0v) is 15.8. The van der Waals surface area contributed by atoms with E-state index in [2.05, 4.69) is 25.3 Å². The van der Waals surface area contributed by atoms with E-state index in [0.717, 1.165) is 16.6 Å². The Kier molecular flexibility index (Phi) is 5.16. The van der Waals surface area contributed by atoms with Crippen LogP contribution in [0.25, 0.3) is 11.0 Å². The van der Waals surface area contributed by atoms with Gasteiger partial charge in [0.25, 0.3) is 0 Å². The Bertz CT molecular complexity index is 1110. The summed E-state index contributed by atoms with van der Waals surface area (Å²) in [5.41, 5.74) is 7.91. The van der Waals surface area contributed by atoms with Crippen LogP contribution >= 0.6 is 0 Å². The normalized spacial score (nSPS) is 11.0. The topological polar surface area (TPSA) is 150 Å². The number of carbonyl (C=O) groups excluding carboxylic acids is 2. The SMILES string of the molecule is CCn1c(=O)n(CC)c2cc(NC(=O)NCc3noc(C(N)=O)n3)c(C)cc21. The van der Waals surface area contributed by atoms with Crippen molar-refractivity contribution in [2.75, 3.05) is 5.32 Å². The fraction of sp³-hybridized carbons (Fsp3) is 0.353. The first-order valence-corrected chi connectivity index (χ1v) is 8.76. The maximum Gasteiger partial charge on any atom is 0.329 e. The van der Waals surface area contributed by atoms with Crippen molar-refractivity contribution in [3.8, 4) is 0 Å². The van der Waals surface area contributed by atoms with Crippen molar-refractivity contribution in [1.29, 1.82) is 0 Å². The molecule has 2 aromatic heterocycles. The largest absolute Gasteiger partial charge is 0.361 e. The van der Waals surface area contributed by atoms with Crippen LogP contribution in [-0.4, -0.2) is 31.2 Å². The summed E-state index contributed by atoms with van der Waals surface area (Å²) >= 11 is 0. The summed E-state index contributed by atoms with van der Waals surface area (Å²) in [4.78, 5) is 39.4. The molecule has 11 heteroatoms. The molecule has 3 rings (SSSR count). The Hall–Kier alpha value is -3.63. The molecular weight excluding hydrogens is 366 g/mol. The molecule has 0 fully saturated rings. The van der Waals surface area contributed by atoms with Crippen LogP contribution in [0.3, 0.4) is 0 Å². The van der Waals surface area contributed by atoms with Crippen LogP contribution in [0.2, 0.25) is 0 Å². The molecule has 0 unspecified atom stereocenters. The van der Waals surface area contributed by atoms with Crippen LogP contribution in [0, 0.1) is 6.92 Å². The molecule has 0 saturated heterocycles. The number of carbonyl (C=O) groups is 2. The van der Waals surface area contributed by atoms with E-state index in [1.165, 1.54) is 0 Å². The first-order valence-electron chi connectivity index (χ1n) is 8.76. The second-order valence-corrected chi connectivity index (χ2v) is 6.11. The molecule has 28 heavy (non-hydrogen) atoms. The zero-order chi connectivity index (χ0) is 20.4. The highest BCUT2D eigenvalue weighted by Crippen LogP contribution is 2.23.